The molecule has 32 heavy (non-hydrogen) atoms. The van der Waals surface area contributed by atoms with E-state index in [2.05, 4.69) is 15.3 Å². The Morgan fingerprint density at radius 1 is 0.969 bits per heavy atom. The van der Waals surface area contributed by atoms with E-state index in [0.717, 1.165) is 10.8 Å². The van der Waals surface area contributed by atoms with Gasteiger partial charge >= 0.3 is 0 Å². The van der Waals surface area contributed by atoms with Crippen molar-refractivity contribution in [3.63, 3.8) is 0 Å². The van der Waals surface area contributed by atoms with E-state index in [1.807, 2.05) is 41.3 Å². The molecular weight excluding hydrogens is 430 g/mol. The number of nitrogens with one attached hydrogen (secondary N) is 1. The average Bonchev–Trinajstić information content (AvgIpc) is 2.83. The van der Waals surface area contributed by atoms with Gasteiger partial charge in [-0.1, -0.05) is 30.3 Å². The van der Waals surface area contributed by atoms with E-state index in [9.17, 15) is 13.2 Å². The van der Waals surface area contributed by atoms with Crippen LogP contribution in [0.25, 0.3) is 10.8 Å². The predicted molar refractivity (Wildman–Crippen MR) is 122 cm³/mol. The van der Waals surface area contributed by atoms with Crippen LogP contribution in [0.4, 0.5) is 5.95 Å². The van der Waals surface area contributed by atoms with Gasteiger partial charge in [-0.05, 0) is 29.0 Å². The summed E-state index contributed by atoms with van der Waals surface area (Å²) in [4.78, 5) is 22.4. The number of ether oxygens (including phenoxy) is 1. The second-order valence-corrected chi connectivity index (χ2v) is 9.49. The zero-order valence-corrected chi connectivity index (χ0v) is 18.4. The van der Waals surface area contributed by atoms with Gasteiger partial charge in [-0.3, -0.25) is 4.79 Å². The molecule has 1 saturated heterocycles. The Morgan fingerprint density at radius 2 is 1.69 bits per heavy atom. The minimum absolute atomic E-state index is 0.0320. The van der Waals surface area contributed by atoms with Crippen LogP contribution in [-0.2, 0) is 14.8 Å². The summed E-state index contributed by atoms with van der Waals surface area (Å²) < 4.78 is 32.2. The summed E-state index contributed by atoms with van der Waals surface area (Å²) in [7, 11) is -3.47. The van der Waals surface area contributed by atoms with Crippen molar-refractivity contribution >= 4 is 32.7 Å². The number of fused-ring (bicyclic) bond motifs is 1. The fraction of sp³-hybridized carbons (Fsp3) is 0.318. The van der Waals surface area contributed by atoms with Crippen LogP contribution in [0.2, 0.25) is 0 Å². The first kappa shape index (κ1) is 22.0. The predicted octanol–water partition coefficient (Wildman–Crippen LogP) is 1.28. The van der Waals surface area contributed by atoms with Gasteiger partial charge in [0.1, 0.15) is 5.75 Å². The standard InChI is InChI=1S/C22H25N5O4S/c28-21(17-31-20-7-6-18-4-1-2-5-19(18)16-20)23-10-15-32(29,30)27-13-11-26(12-14-27)22-24-8-3-9-25-22/h1-9,16H,10-15,17H2,(H,23,28). The van der Waals surface area contributed by atoms with Crippen LogP contribution < -0.4 is 15.0 Å². The van der Waals surface area contributed by atoms with E-state index in [4.69, 9.17) is 4.74 Å². The summed E-state index contributed by atoms with van der Waals surface area (Å²) in [5.41, 5.74) is 0. The fourth-order valence-corrected chi connectivity index (χ4v) is 4.86. The Bertz CT molecular complexity index is 1170. The molecule has 3 aromatic rings. The van der Waals surface area contributed by atoms with Crippen LogP contribution in [0.5, 0.6) is 5.75 Å². The number of hydrogen-bond donors (Lipinski definition) is 1. The first-order valence-corrected chi connectivity index (χ1v) is 12.0. The van der Waals surface area contributed by atoms with Crippen molar-refractivity contribution in [1.29, 1.82) is 0 Å². The normalized spacial score (nSPS) is 14.9. The fourth-order valence-electron chi connectivity index (χ4n) is 3.53. The third kappa shape index (κ3) is 5.51. The van der Waals surface area contributed by atoms with Crippen molar-refractivity contribution in [2.45, 2.75) is 0 Å². The van der Waals surface area contributed by atoms with E-state index in [1.54, 1.807) is 24.5 Å². The molecule has 0 atom stereocenters. The SMILES string of the molecule is O=C(COc1ccc2ccccc2c1)NCCS(=O)(=O)N1CCN(c2ncccn2)CC1. The maximum Gasteiger partial charge on any atom is 0.257 e. The van der Waals surface area contributed by atoms with E-state index in [-0.39, 0.29) is 24.8 Å². The zero-order valence-electron chi connectivity index (χ0n) is 17.6. The van der Waals surface area contributed by atoms with Crippen LogP contribution in [0.3, 0.4) is 0 Å². The lowest BCUT2D eigenvalue weighted by Gasteiger charge is -2.33. The molecule has 1 aliphatic heterocycles. The molecule has 1 fully saturated rings. The summed E-state index contributed by atoms with van der Waals surface area (Å²) in [5, 5.41) is 4.73. The molecule has 1 amide bonds. The smallest absolute Gasteiger partial charge is 0.257 e. The number of carbonyl (C=O) groups is 1. The maximum absolute atomic E-state index is 12.6. The van der Waals surface area contributed by atoms with Crippen molar-refractivity contribution in [3.8, 4) is 5.75 Å². The Labute approximate surface area is 187 Å². The third-order valence-electron chi connectivity index (χ3n) is 5.24. The molecule has 0 aliphatic carbocycles. The molecule has 4 rings (SSSR count). The van der Waals surface area contributed by atoms with Crippen molar-refractivity contribution in [1.82, 2.24) is 19.6 Å². The first-order chi connectivity index (χ1) is 15.5. The van der Waals surface area contributed by atoms with Gasteiger partial charge in [0, 0.05) is 45.1 Å². The number of hydrogen-bond acceptors (Lipinski definition) is 7. The van der Waals surface area contributed by atoms with Crippen LogP contribution in [0.15, 0.2) is 60.9 Å². The maximum atomic E-state index is 12.6. The van der Waals surface area contributed by atoms with Gasteiger partial charge in [0.15, 0.2) is 6.61 Å². The third-order valence-corrected chi connectivity index (χ3v) is 7.11. The number of benzene rings is 2. The molecule has 168 valence electrons. The van der Waals surface area contributed by atoms with Gasteiger partial charge in [0.05, 0.1) is 5.75 Å². The van der Waals surface area contributed by atoms with E-state index in [1.165, 1.54) is 4.31 Å². The first-order valence-electron chi connectivity index (χ1n) is 10.4. The van der Waals surface area contributed by atoms with Gasteiger partial charge in [-0.15, -0.1) is 0 Å². The van der Waals surface area contributed by atoms with Crippen molar-refractivity contribution < 1.29 is 17.9 Å². The molecule has 9 nitrogen and oxygen atoms in total. The Hall–Kier alpha value is -3.24. The number of anilines is 1. The number of aromatic nitrogens is 2. The molecule has 0 saturated carbocycles. The molecule has 1 aromatic heterocycles. The largest absolute Gasteiger partial charge is 0.484 e. The molecule has 0 radical (unpaired) electrons. The summed E-state index contributed by atoms with van der Waals surface area (Å²) in [6.45, 7) is 1.63. The molecule has 10 heteroatoms. The number of sulfonamides is 1. The highest BCUT2D eigenvalue weighted by molar-refractivity contribution is 7.89. The van der Waals surface area contributed by atoms with Gasteiger partial charge < -0.3 is 15.0 Å². The van der Waals surface area contributed by atoms with Crippen LogP contribution >= 0.6 is 0 Å². The lowest BCUT2D eigenvalue weighted by Crippen LogP contribution is -2.50. The highest BCUT2D eigenvalue weighted by Gasteiger charge is 2.27. The molecule has 0 bridgehead atoms. The van der Waals surface area contributed by atoms with Crippen molar-refractivity contribution in [2.75, 3.05) is 50.0 Å². The summed E-state index contributed by atoms with van der Waals surface area (Å²) >= 11 is 0. The number of rotatable bonds is 8. The zero-order chi connectivity index (χ0) is 22.4. The summed E-state index contributed by atoms with van der Waals surface area (Å²) in [5.74, 6) is 0.672. The summed E-state index contributed by atoms with van der Waals surface area (Å²) in [6.07, 6.45) is 3.33. The van der Waals surface area contributed by atoms with Crippen LogP contribution in [-0.4, -0.2) is 73.7 Å². The second-order valence-electron chi connectivity index (χ2n) is 7.40. The molecule has 1 aliphatic rings. The molecule has 0 unspecified atom stereocenters. The lowest BCUT2D eigenvalue weighted by molar-refractivity contribution is -0.122. The van der Waals surface area contributed by atoms with Crippen molar-refractivity contribution in [2.24, 2.45) is 0 Å². The van der Waals surface area contributed by atoms with Gasteiger partial charge in [-0.2, -0.15) is 4.31 Å². The number of carbonyl (C=O) groups excluding carboxylic acids is 1. The Morgan fingerprint density at radius 3 is 2.44 bits per heavy atom. The number of nitrogens with zero attached hydrogens (tertiary/aromatic N) is 4. The minimum atomic E-state index is -3.47. The average molecular weight is 456 g/mol. The molecule has 1 N–H and O–H groups in total. The Kier molecular flexibility index (Phi) is 6.81. The quantitative estimate of drug-likeness (QED) is 0.545. The van der Waals surface area contributed by atoms with Gasteiger partial charge in [-0.25, -0.2) is 18.4 Å². The van der Waals surface area contributed by atoms with Crippen molar-refractivity contribution in [3.05, 3.63) is 60.9 Å². The highest BCUT2D eigenvalue weighted by atomic mass is 32.2. The topological polar surface area (TPSA) is 105 Å². The number of piperazine rings is 1. The molecule has 2 aromatic carbocycles. The summed E-state index contributed by atoms with van der Waals surface area (Å²) in [6, 6.07) is 15.2. The van der Waals surface area contributed by atoms with Gasteiger partial charge in [0.25, 0.3) is 5.91 Å². The monoisotopic (exact) mass is 455 g/mol. The molecule has 0 spiro atoms. The number of amides is 1. The molecular formula is C22H25N5O4S. The second kappa shape index (κ2) is 9.92. The van der Waals surface area contributed by atoms with Gasteiger partial charge in [0.2, 0.25) is 16.0 Å². The Balaban J connectivity index is 1.20. The van der Waals surface area contributed by atoms with E-state index in [0.29, 0.717) is 37.9 Å². The van der Waals surface area contributed by atoms with E-state index < -0.39 is 10.0 Å². The minimum Gasteiger partial charge on any atom is -0.484 e. The lowest BCUT2D eigenvalue weighted by atomic mass is 10.1. The van der Waals surface area contributed by atoms with E-state index >= 15 is 0 Å². The highest BCUT2D eigenvalue weighted by Crippen LogP contribution is 2.20. The molecule has 2 heterocycles. The van der Waals surface area contributed by atoms with Crippen LogP contribution in [0.1, 0.15) is 0 Å². The van der Waals surface area contributed by atoms with Crippen LogP contribution in [0, 0.1) is 0 Å².